The van der Waals surface area contributed by atoms with Crippen molar-refractivity contribution in [3.63, 3.8) is 0 Å². The summed E-state index contributed by atoms with van der Waals surface area (Å²) in [6, 6.07) is 11.6. The molecule has 2 rings (SSSR count). The van der Waals surface area contributed by atoms with Crippen LogP contribution in [-0.2, 0) is 0 Å². The minimum Gasteiger partial charge on any atom is -0.314 e. The standard InChI is InChI=1S/C15H23NS/c1-13(14-5-3-2-4-6-14)7-10-16-15-8-11-17-12-9-15/h2-6,13,15-16H,7-12H2,1H3. The van der Waals surface area contributed by atoms with Gasteiger partial charge in [0.15, 0.2) is 0 Å². The SMILES string of the molecule is CC(CCNC1CCSCC1)c1ccccc1. The molecule has 0 amide bonds. The number of nitrogens with one attached hydrogen (secondary N) is 1. The third-order valence-corrected chi connectivity index (χ3v) is 4.65. The lowest BCUT2D eigenvalue weighted by Gasteiger charge is -2.23. The molecule has 1 aliphatic heterocycles. The van der Waals surface area contributed by atoms with Gasteiger partial charge in [0, 0.05) is 6.04 Å². The Bertz CT molecular complexity index is 306. The van der Waals surface area contributed by atoms with Crippen LogP contribution >= 0.6 is 11.8 Å². The Balaban J connectivity index is 1.67. The maximum Gasteiger partial charge on any atom is 0.00827 e. The molecule has 2 heteroatoms. The Hall–Kier alpha value is -0.470. The first-order valence-corrected chi connectivity index (χ1v) is 7.88. The molecular formula is C15H23NS. The van der Waals surface area contributed by atoms with Crippen molar-refractivity contribution in [2.24, 2.45) is 0 Å². The summed E-state index contributed by atoms with van der Waals surface area (Å²) < 4.78 is 0. The summed E-state index contributed by atoms with van der Waals surface area (Å²) in [5.74, 6) is 3.35. The molecule has 1 aliphatic rings. The maximum atomic E-state index is 3.71. The first kappa shape index (κ1) is 13.0. The van der Waals surface area contributed by atoms with Crippen molar-refractivity contribution < 1.29 is 0 Å². The summed E-state index contributed by atoms with van der Waals surface area (Å²) in [5.41, 5.74) is 1.47. The lowest BCUT2D eigenvalue weighted by molar-refractivity contribution is 0.465. The predicted octanol–water partition coefficient (Wildman–Crippen LogP) is 3.67. The Labute approximate surface area is 109 Å². The van der Waals surface area contributed by atoms with E-state index in [-0.39, 0.29) is 0 Å². The molecule has 0 spiro atoms. The van der Waals surface area contributed by atoms with Crippen LogP contribution in [0.15, 0.2) is 30.3 Å². The Morgan fingerprint density at radius 2 is 1.94 bits per heavy atom. The smallest absolute Gasteiger partial charge is 0.00827 e. The minimum atomic E-state index is 0.668. The first-order valence-electron chi connectivity index (χ1n) is 6.72. The molecule has 1 saturated heterocycles. The van der Waals surface area contributed by atoms with Crippen molar-refractivity contribution in [1.29, 1.82) is 0 Å². The normalized spacial score (nSPS) is 19.1. The highest BCUT2D eigenvalue weighted by Gasteiger charge is 2.13. The van der Waals surface area contributed by atoms with Gasteiger partial charge in [-0.25, -0.2) is 0 Å². The van der Waals surface area contributed by atoms with E-state index in [1.54, 1.807) is 0 Å². The van der Waals surface area contributed by atoms with Crippen LogP contribution in [0, 0.1) is 0 Å². The second-order valence-electron chi connectivity index (χ2n) is 4.94. The molecule has 1 aromatic carbocycles. The zero-order valence-electron chi connectivity index (χ0n) is 10.7. The molecule has 17 heavy (non-hydrogen) atoms. The van der Waals surface area contributed by atoms with Crippen LogP contribution in [0.1, 0.15) is 37.7 Å². The monoisotopic (exact) mass is 249 g/mol. The van der Waals surface area contributed by atoms with E-state index in [1.165, 1.54) is 36.3 Å². The average Bonchev–Trinajstić information content (AvgIpc) is 2.41. The van der Waals surface area contributed by atoms with Gasteiger partial charge in [-0.1, -0.05) is 37.3 Å². The molecule has 1 aromatic rings. The summed E-state index contributed by atoms with van der Waals surface area (Å²) in [5, 5.41) is 3.71. The van der Waals surface area contributed by atoms with Gasteiger partial charge < -0.3 is 5.32 Å². The molecule has 1 fully saturated rings. The Morgan fingerprint density at radius 1 is 1.24 bits per heavy atom. The molecule has 0 aromatic heterocycles. The van der Waals surface area contributed by atoms with Crippen LogP contribution in [0.5, 0.6) is 0 Å². The first-order chi connectivity index (χ1) is 8.36. The van der Waals surface area contributed by atoms with Crippen LogP contribution in [-0.4, -0.2) is 24.1 Å². The zero-order valence-corrected chi connectivity index (χ0v) is 11.5. The second kappa shape index (κ2) is 7.07. The molecule has 1 N–H and O–H groups in total. The van der Waals surface area contributed by atoms with Gasteiger partial charge in [0.2, 0.25) is 0 Å². The number of rotatable bonds is 5. The molecule has 0 bridgehead atoms. The van der Waals surface area contributed by atoms with E-state index < -0.39 is 0 Å². The molecule has 1 unspecified atom stereocenters. The Kier molecular flexibility index (Phi) is 5.40. The Morgan fingerprint density at radius 3 is 2.65 bits per heavy atom. The van der Waals surface area contributed by atoms with Crippen LogP contribution in [0.3, 0.4) is 0 Å². The van der Waals surface area contributed by atoms with Crippen LogP contribution in [0.25, 0.3) is 0 Å². The van der Waals surface area contributed by atoms with Crippen molar-refractivity contribution in [3.8, 4) is 0 Å². The molecular weight excluding hydrogens is 226 g/mol. The minimum absolute atomic E-state index is 0.668. The number of benzene rings is 1. The van der Waals surface area contributed by atoms with Gasteiger partial charge >= 0.3 is 0 Å². The summed E-state index contributed by atoms with van der Waals surface area (Å²) in [4.78, 5) is 0. The van der Waals surface area contributed by atoms with Gasteiger partial charge in [0.25, 0.3) is 0 Å². The van der Waals surface area contributed by atoms with Gasteiger partial charge in [-0.05, 0) is 48.8 Å². The maximum absolute atomic E-state index is 3.71. The predicted molar refractivity (Wildman–Crippen MR) is 77.8 cm³/mol. The molecule has 1 nitrogen and oxygen atoms in total. The fraction of sp³-hybridized carbons (Fsp3) is 0.600. The van der Waals surface area contributed by atoms with Crippen molar-refractivity contribution in [1.82, 2.24) is 5.32 Å². The van der Waals surface area contributed by atoms with Crippen LogP contribution in [0.4, 0.5) is 0 Å². The molecule has 0 saturated carbocycles. The van der Waals surface area contributed by atoms with Crippen molar-refractivity contribution >= 4 is 11.8 Å². The van der Waals surface area contributed by atoms with E-state index >= 15 is 0 Å². The third-order valence-electron chi connectivity index (χ3n) is 3.60. The van der Waals surface area contributed by atoms with Gasteiger partial charge in [-0.15, -0.1) is 0 Å². The van der Waals surface area contributed by atoms with E-state index in [4.69, 9.17) is 0 Å². The largest absolute Gasteiger partial charge is 0.314 e. The van der Waals surface area contributed by atoms with E-state index in [0.717, 1.165) is 12.6 Å². The fourth-order valence-electron chi connectivity index (χ4n) is 2.35. The summed E-state index contributed by atoms with van der Waals surface area (Å²) in [6.45, 7) is 3.49. The van der Waals surface area contributed by atoms with E-state index in [9.17, 15) is 0 Å². The number of thioether (sulfide) groups is 1. The molecule has 1 heterocycles. The second-order valence-corrected chi connectivity index (χ2v) is 6.17. The summed E-state index contributed by atoms with van der Waals surface area (Å²) in [7, 11) is 0. The lowest BCUT2D eigenvalue weighted by atomic mass is 9.98. The topological polar surface area (TPSA) is 12.0 Å². The van der Waals surface area contributed by atoms with Crippen molar-refractivity contribution in [3.05, 3.63) is 35.9 Å². The number of hydrogen-bond acceptors (Lipinski definition) is 2. The highest BCUT2D eigenvalue weighted by atomic mass is 32.2. The van der Waals surface area contributed by atoms with Crippen molar-refractivity contribution in [2.75, 3.05) is 18.1 Å². The highest BCUT2D eigenvalue weighted by Crippen LogP contribution is 2.19. The van der Waals surface area contributed by atoms with Crippen LogP contribution < -0.4 is 5.32 Å². The summed E-state index contributed by atoms with van der Waals surface area (Å²) in [6.07, 6.45) is 3.95. The lowest BCUT2D eigenvalue weighted by Crippen LogP contribution is -2.33. The summed E-state index contributed by atoms with van der Waals surface area (Å²) >= 11 is 2.10. The quantitative estimate of drug-likeness (QED) is 0.854. The van der Waals surface area contributed by atoms with E-state index in [2.05, 4.69) is 54.3 Å². The van der Waals surface area contributed by atoms with Gasteiger partial charge in [0.1, 0.15) is 0 Å². The zero-order chi connectivity index (χ0) is 11.9. The molecule has 0 aliphatic carbocycles. The third kappa shape index (κ3) is 4.36. The highest BCUT2D eigenvalue weighted by molar-refractivity contribution is 7.99. The number of hydrogen-bond donors (Lipinski definition) is 1. The average molecular weight is 249 g/mol. The molecule has 94 valence electrons. The van der Waals surface area contributed by atoms with Crippen molar-refractivity contribution in [2.45, 2.75) is 38.1 Å². The molecule has 1 atom stereocenters. The van der Waals surface area contributed by atoms with Gasteiger partial charge in [-0.2, -0.15) is 11.8 Å². The van der Waals surface area contributed by atoms with Gasteiger partial charge in [-0.3, -0.25) is 0 Å². The fourth-order valence-corrected chi connectivity index (χ4v) is 3.46. The van der Waals surface area contributed by atoms with E-state index in [1.807, 2.05) is 0 Å². The molecule has 0 radical (unpaired) electrons. The van der Waals surface area contributed by atoms with E-state index in [0.29, 0.717) is 5.92 Å². The van der Waals surface area contributed by atoms with Crippen LogP contribution in [0.2, 0.25) is 0 Å². The van der Waals surface area contributed by atoms with Gasteiger partial charge in [0.05, 0.1) is 0 Å².